The van der Waals surface area contributed by atoms with E-state index in [4.69, 9.17) is 11.1 Å². The standard InChI is InChI=1S/C13H12IN3/c1-8-7-10(14)17-13(16)11(8)12(15)9-5-3-2-4-6-9/h2-7,15H,1H3,(H2,16,17). The zero-order valence-corrected chi connectivity index (χ0v) is 11.5. The first-order valence-corrected chi connectivity index (χ1v) is 6.24. The number of aryl methyl sites for hydroxylation is 1. The van der Waals surface area contributed by atoms with Crippen LogP contribution in [0.2, 0.25) is 0 Å². The van der Waals surface area contributed by atoms with Gasteiger partial charge in [0, 0.05) is 11.1 Å². The van der Waals surface area contributed by atoms with Crippen molar-refractivity contribution >= 4 is 34.1 Å². The third kappa shape index (κ3) is 2.46. The van der Waals surface area contributed by atoms with Crippen LogP contribution in [0.5, 0.6) is 0 Å². The number of nitrogens with zero attached hydrogens (tertiary/aromatic N) is 1. The lowest BCUT2D eigenvalue weighted by Gasteiger charge is -2.10. The smallest absolute Gasteiger partial charge is 0.134 e. The fourth-order valence-corrected chi connectivity index (χ4v) is 2.46. The van der Waals surface area contributed by atoms with E-state index in [0.29, 0.717) is 11.5 Å². The molecule has 1 aromatic heterocycles. The van der Waals surface area contributed by atoms with Crippen molar-refractivity contribution < 1.29 is 0 Å². The van der Waals surface area contributed by atoms with Crippen molar-refractivity contribution in [3.05, 3.63) is 56.8 Å². The highest BCUT2D eigenvalue weighted by Crippen LogP contribution is 2.20. The number of rotatable bonds is 2. The van der Waals surface area contributed by atoms with Crippen LogP contribution in [-0.4, -0.2) is 10.7 Å². The van der Waals surface area contributed by atoms with E-state index < -0.39 is 0 Å². The van der Waals surface area contributed by atoms with Gasteiger partial charge >= 0.3 is 0 Å². The Labute approximate surface area is 114 Å². The quantitative estimate of drug-likeness (QED) is 0.503. The summed E-state index contributed by atoms with van der Waals surface area (Å²) < 4.78 is 0.849. The predicted octanol–water partition coefficient (Wildman–Crippen LogP) is 2.99. The van der Waals surface area contributed by atoms with Crippen LogP contribution < -0.4 is 5.73 Å². The van der Waals surface area contributed by atoms with Gasteiger partial charge in [0.2, 0.25) is 0 Å². The minimum Gasteiger partial charge on any atom is -0.383 e. The summed E-state index contributed by atoms with van der Waals surface area (Å²) in [6.07, 6.45) is 0. The average molecular weight is 337 g/mol. The molecule has 0 aliphatic heterocycles. The molecule has 2 rings (SSSR count). The summed E-state index contributed by atoms with van der Waals surface area (Å²) in [6.45, 7) is 1.95. The van der Waals surface area contributed by atoms with Gasteiger partial charge in [-0.15, -0.1) is 0 Å². The van der Waals surface area contributed by atoms with Crippen LogP contribution in [0, 0.1) is 16.0 Å². The fourth-order valence-electron chi connectivity index (χ4n) is 1.73. The van der Waals surface area contributed by atoms with Crippen molar-refractivity contribution in [2.24, 2.45) is 0 Å². The number of halogens is 1. The zero-order chi connectivity index (χ0) is 12.4. The Morgan fingerprint density at radius 2 is 1.94 bits per heavy atom. The van der Waals surface area contributed by atoms with Gasteiger partial charge in [-0.05, 0) is 41.1 Å². The Morgan fingerprint density at radius 3 is 2.53 bits per heavy atom. The summed E-state index contributed by atoms with van der Waals surface area (Å²) >= 11 is 2.12. The van der Waals surface area contributed by atoms with Gasteiger partial charge in [0.15, 0.2) is 0 Å². The van der Waals surface area contributed by atoms with Gasteiger partial charge in [-0.3, -0.25) is 5.41 Å². The molecule has 0 spiro atoms. The van der Waals surface area contributed by atoms with Gasteiger partial charge in [-0.1, -0.05) is 30.3 Å². The van der Waals surface area contributed by atoms with E-state index in [1.807, 2.05) is 43.3 Å². The number of nitrogen functional groups attached to an aromatic ring is 1. The fraction of sp³-hybridized carbons (Fsp3) is 0.0769. The van der Waals surface area contributed by atoms with E-state index in [-0.39, 0.29) is 0 Å². The SMILES string of the molecule is Cc1cc(I)nc(N)c1C(=N)c1ccccc1. The minimum atomic E-state index is 0.420. The Balaban J connectivity index is 2.52. The summed E-state index contributed by atoms with van der Waals surface area (Å²) in [7, 11) is 0. The lowest BCUT2D eigenvalue weighted by atomic mass is 9.99. The lowest BCUT2D eigenvalue weighted by Crippen LogP contribution is -2.10. The van der Waals surface area contributed by atoms with Crippen LogP contribution in [0.1, 0.15) is 16.7 Å². The number of pyridine rings is 1. The highest BCUT2D eigenvalue weighted by atomic mass is 127. The molecule has 0 radical (unpaired) electrons. The van der Waals surface area contributed by atoms with Crippen molar-refractivity contribution in [3.63, 3.8) is 0 Å². The van der Waals surface area contributed by atoms with Crippen molar-refractivity contribution in [1.29, 1.82) is 5.41 Å². The number of nitrogens with one attached hydrogen (secondary N) is 1. The molecule has 1 heterocycles. The highest BCUT2D eigenvalue weighted by Gasteiger charge is 2.13. The molecule has 4 heteroatoms. The summed E-state index contributed by atoms with van der Waals surface area (Å²) in [4.78, 5) is 4.20. The number of hydrogen-bond donors (Lipinski definition) is 2. The predicted molar refractivity (Wildman–Crippen MR) is 78.5 cm³/mol. The van der Waals surface area contributed by atoms with Crippen molar-refractivity contribution in [2.75, 3.05) is 5.73 Å². The first kappa shape index (κ1) is 12.0. The van der Waals surface area contributed by atoms with Crippen LogP contribution in [0.25, 0.3) is 0 Å². The zero-order valence-electron chi connectivity index (χ0n) is 9.37. The lowest BCUT2D eigenvalue weighted by molar-refractivity contribution is 1.23. The molecule has 3 N–H and O–H groups in total. The average Bonchev–Trinajstić information content (AvgIpc) is 2.28. The molecule has 3 nitrogen and oxygen atoms in total. The van der Waals surface area contributed by atoms with Crippen molar-refractivity contribution in [3.8, 4) is 0 Å². The second-order valence-corrected chi connectivity index (χ2v) is 4.87. The van der Waals surface area contributed by atoms with Crippen molar-refractivity contribution in [1.82, 2.24) is 4.98 Å². The molecule has 0 aliphatic carbocycles. The topological polar surface area (TPSA) is 62.8 Å². The van der Waals surface area contributed by atoms with Gasteiger partial charge in [0.05, 0.1) is 5.71 Å². The van der Waals surface area contributed by atoms with Gasteiger partial charge < -0.3 is 5.73 Å². The van der Waals surface area contributed by atoms with E-state index in [2.05, 4.69) is 27.6 Å². The van der Waals surface area contributed by atoms with E-state index >= 15 is 0 Å². The summed E-state index contributed by atoms with van der Waals surface area (Å²) in [5, 5.41) is 8.20. The molecule has 0 saturated carbocycles. The van der Waals surface area contributed by atoms with Gasteiger partial charge in [0.25, 0.3) is 0 Å². The van der Waals surface area contributed by atoms with Gasteiger partial charge in [-0.25, -0.2) is 4.98 Å². The molecule has 0 aliphatic rings. The second kappa shape index (κ2) is 4.83. The Morgan fingerprint density at radius 1 is 1.29 bits per heavy atom. The van der Waals surface area contributed by atoms with Gasteiger partial charge in [0.1, 0.15) is 9.52 Å². The molecule has 0 unspecified atom stereocenters. The van der Waals surface area contributed by atoms with Crippen LogP contribution in [0.4, 0.5) is 5.82 Å². The maximum Gasteiger partial charge on any atom is 0.134 e. The number of aromatic nitrogens is 1. The number of hydrogen-bond acceptors (Lipinski definition) is 3. The molecular weight excluding hydrogens is 325 g/mol. The number of benzene rings is 1. The monoisotopic (exact) mass is 337 g/mol. The minimum absolute atomic E-state index is 0.420. The first-order valence-electron chi connectivity index (χ1n) is 5.16. The highest BCUT2D eigenvalue weighted by molar-refractivity contribution is 14.1. The molecule has 1 aromatic carbocycles. The molecule has 0 amide bonds. The molecule has 0 atom stereocenters. The van der Waals surface area contributed by atoms with Gasteiger partial charge in [-0.2, -0.15) is 0 Å². The van der Waals surface area contributed by atoms with Crippen LogP contribution in [0.3, 0.4) is 0 Å². The number of anilines is 1. The second-order valence-electron chi connectivity index (χ2n) is 3.76. The third-order valence-corrected chi connectivity index (χ3v) is 3.08. The number of nitrogens with two attached hydrogens (primary N) is 1. The Kier molecular flexibility index (Phi) is 3.42. The van der Waals surface area contributed by atoms with Crippen molar-refractivity contribution in [2.45, 2.75) is 6.92 Å². The normalized spacial score (nSPS) is 10.2. The molecule has 0 fully saturated rings. The first-order chi connectivity index (χ1) is 8.09. The maximum absolute atomic E-state index is 8.20. The molecular formula is C13H12IN3. The molecule has 17 heavy (non-hydrogen) atoms. The molecule has 86 valence electrons. The largest absolute Gasteiger partial charge is 0.383 e. The van der Waals surface area contributed by atoms with Crippen LogP contribution in [-0.2, 0) is 0 Å². The van der Waals surface area contributed by atoms with Crippen LogP contribution in [0.15, 0.2) is 36.4 Å². The summed E-state index contributed by atoms with van der Waals surface area (Å²) in [5.41, 5.74) is 8.88. The molecule has 0 saturated heterocycles. The van der Waals surface area contributed by atoms with E-state index in [1.54, 1.807) is 0 Å². The Bertz CT molecular complexity index is 541. The molecule has 2 aromatic rings. The summed E-state index contributed by atoms with van der Waals surface area (Å²) in [6, 6.07) is 11.5. The molecule has 0 bridgehead atoms. The Hall–Kier alpha value is -1.43. The van der Waals surface area contributed by atoms with E-state index in [9.17, 15) is 0 Å². The third-order valence-electron chi connectivity index (χ3n) is 2.53. The van der Waals surface area contributed by atoms with E-state index in [0.717, 1.165) is 20.4 Å². The summed E-state index contributed by atoms with van der Waals surface area (Å²) in [5.74, 6) is 0.420. The maximum atomic E-state index is 8.20. The van der Waals surface area contributed by atoms with E-state index in [1.165, 1.54) is 0 Å². The van der Waals surface area contributed by atoms with Crippen LogP contribution >= 0.6 is 22.6 Å².